The second-order valence-corrected chi connectivity index (χ2v) is 8.96. The molecule has 3 heterocycles. The number of thiophene rings is 1. The van der Waals surface area contributed by atoms with Gasteiger partial charge in [0.2, 0.25) is 5.89 Å². The third-order valence-electron chi connectivity index (χ3n) is 5.51. The average Bonchev–Trinajstić information content (AvgIpc) is 3.51. The third-order valence-corrected chi connectivity index (χ3v) is 6.62. The Morgan fingerprint density at radius 1 is 1.22 bits per heavy atom. The zero-order valence-corrected chi connectivity index (χ0v) is 18.2. The summed E-state index contributed by atoms with van der Waals surface area (Å²) in [6.45, 7) is 1.76. The van der Waals surface area contributed by atoms with Crippen LogP contribution in [0.4, 0.5) is 0 Å². The fraction of sp³-hybridized carbons (Fsp3) is 0.208. The highest BCUT2D eigenvalue weighted by molar-refractivity contribution is 7.22. The monoisotopic (exact) mass is 446 g/mol. The normalized spacial score (nSPS) is 13.6. The summed E-state index contributed by atoms with van der Waals surface area (Å²) in [4.78, 5) is 21.4. The molecule has 0 aliphatic carbocycles. The Labute approximate surface area is 188 Å². The van der Waals surface area contributed by atoms with Gasteiger partial charge in [0.15, 0.2) is 5.58 Å². The number of aromatic nitrogens is 3. The number of imidazole rings is 1. The molecule has 1 amide bonds. The number of hydrogen-bond acceptors (Lipinski definition) is 6. The van der Waals surface area contributed by atoms with Crippen LogP contribution in [0.25, 0.3) is 32.0 Å². The molecule has 32 heavy (non-hydrogen) atoms. The number of fused-ring (bicyclic) bond motifs is 2. The van der Waals surface area contributed by atoms with Crippen LogP contribution >= 0.6 is 11.3 Å². The number of primary amides is 1. The summed E-state index contributed by atoms with van der Waals surface area (Å²) in [6.07, 6.45) is 3.97. The molecule has 3 N–H and O–H groups in total. The number of rotatable bonds is 7. The quantitative estimate of drug-likeness (QED) is 0.375. The molecule has 0 radical (unpaired) electrons. The molecule has 0 bridgehead atoms. The van der Waals surface area contributed by atoms with Crippen LogP contribution in [-0.4, -0.2) is 31.7 Å². The summed E-state index contributed by atoms with van der Waals surface area (Å²) >= 11 is 1.64. The molecule has 2 aromatic carbocycles. The smallest absolute Gasteiger partial charge is 0.268 e. The Morgan fingerprint density at radius 2 is 2.06 bits per heavy atom. The van der Waals surface area contributed by atoms with Crippen molar-refractivity contribution in [2.45, 2.75) is 31.9 Å². The molecular formula is C24H22N4O3S. The number of oxazole rings is 1. The second kappa shape index (κ2) is 8.22. The SMILES string of the molecule is C[C@H](O)CCC(c1cccc2nc(-c3cc4ccccc4s3)oc12)n1cnc(C(N)=O)c1. The van der Waals surface area contributed by atoms with Gasteiger partial charge in [0, 0.05) is 16.5 Å². The molecule has 0 aliphatic rings. The Balaban J connectivity index is 1.60. The second-order valence-electron chi connectivity index (χ2n) is 7.88. The van der Waals surface area contributed by atoms with E-state index in [1.807, 2.05) is 34.9 Å². The number of carbonyl (C=O) groups is 1. The van der Waals surface area contributed by atoms with Crippen molar-refractivity contribution < 1.29 is 14.3 Å². The first-order valence-corrected chi connectivity index (χ1v) is 11.2. The summed E-state index contributed by atoms with van der Waals surface area (Å²) in [5, 5.41) is 11.0. The lowest BCUT2D eigenvalue weighted by Gasteiger charge is -2.19. The van der Waals surface area contributed by atoms with Crippen molar-refractivity contribution in [2.24, 2.45) is 5.73 Å². The summed E-state index contributed by atoms with van der Waals surface area (Å²) in [6, 6.07) is 15.9. The van der Waals surface area contributed by atoms with Gasteiger partial charge in [-0.25, -0.2) is 9.97 Å². The number of nitrogens with zero attached hydrogens (tertiary/aromatic N) is 3. The predicted molar refractivity (Wildman–Crippen MR) is 125 cm³/mol. The van der Waals surface area contributed by atoms with Crippen LogP contribution in [0.1, 0.15) is 41.9 Å². The lowest BCUT2D eigenvalue weighted by Crippen LogP contribution is -2.14. The van der Waals surface area contributed by atoms with E-state index in [-0.39, 0.29) is 11.7 Å². The molecule has 7 nitrogen and oxygen atoms in total. The maximum Gasteiger partial charge on any atom is 0.268 e. The van der Waals surface area contributed by atoms with Gasteiger partial charge >= 0.3 is 0 Å². The van der Waals surface area contributed by atoms with Crippen LogP contribution in [0.15, 0.2) is 65.5 Å². The number of nitrogens with two attached hydrogens (primary N) is 1. The maximum absolute atomic E-state index is 11.6. The molecule has 2 atom stereocenters. The highest BCUT2D eigenvalue weighted by atomic mass is 32.1. The van der Waals surface area contributed by atoms with Gasteiger partial charge < -0.3 is 19.8 Å². The molecule has 5 aromatic rings. The van der Waals surface area contributed by atoms with Crippen molar-refractivity contribution in [3.8, 4) is 10.8 Å². The molecule has 1 unspecified atom stereocenters. The number of para-hydroxylation sites is 1. The molecule has 0 aliphatic heterocycles. The van der Waals surface area contributed by atoms with Gasteiger partial charge in [-0.05, 0) is 43.4 Å². The van der Waals surface area contributed by atoms with E-state index in [9.17, 15) is 9.90 Å². The number of hydrogen-bond donors (Lipinski definition) is 2. The van der Waals surface area contributed by atoms with Crippen molar-refractivity contribution in [2.75, 3.05) is 0 Å². The number of aliphatic hydroxyl groups excluding tert-OH is 1. The van der Waals surface area contributed by atoms with Crippen molar-refractivity contribution in [1.29, 1.82) is 0 Å². The third kappa shape index (κ3) is 3.79. The fourth-order valence-electron chi connectivity index (χ4n) is 3.92. The van der Waals surface area contributed by atoms with E-state index in [0.29, 0.717) is 24.3 Å². The van der Waals surface area contributed by atoms with Crippen molar-refractivity contribution in [1.82, 2.24) is 14.5 Å². The lowest BCUT2D eigenvalue weighted by atomic mass is 9.99. The molecule has 162 valence electrons. The summed E-state index contributed by atoms with van der Waals surface area (Å²) in [5.74, 6) is -0.00525. The summed E-state index contributed by atoms with van der Waals surface area (Å²) < 4.78 is 9.31. The van der Waals surface area contributed by atoms with Gasteiger partial charge in [-0.2, -0.15) is 0 Å². The van der Waals surface area contributed by atoms with Gasteiger partial charge in [0.25, 0.3) is 5.91 Å². The fourth-order valence-corrected chi connectivity index (χ4v) is 4.91. The molecule has 0 fully saturated rings. The molecule has 5 rings (SSSR count). The highest BCUT2D eigenvalue weighted by Gasteiger charge is 2.22. The summed E-state index contributed by atoms with van der Waals surface area (Å²) in [5.41, 5.74) is 7.95. The van der Waals surface area contributed by atoms with E-state index >= 15 is 0 Å². The first-order valence-electron chi connectivity index (χ1n) is 10.4. The largest absolute Gasteiger partial charge is 0.435 e. The van der Waals surface area contributed by atoms with Crippen LogP contribution in [0.3, 0.4) is 0 Å². The molecule has 8 heteroatoms. The molecule has 0 saturated heterocycles. The predicted octanol–water partition coefficient (Wildman–Crippen LogP) is 4.76. The van der Waals surface area contributed by atoms with Gasteiger partial charge in [-0.15, -0.1) is 11.3 Å². The van der Waals surface area contributed by atoms with Crippen LogP contribution in [0.2, 0.25) is 0 Å². The van der Waals surface area contributed by atoms with Crippen molar-refractivity contribution in [3.63, 3.8) is 0 Å². The molecular weight excluding hydrogens is 424 g/mol. The van der Waals surface area contributed by atoms with Crippen LogP contribution in [-0.2, 0) is 0 Å². The topological polar surface area (TPSA) is 107 Å². The van der Waals surface area contributed by atoms with E-state index in [1.165, 1.54) is 4.70 Å². The Hall–Kier alpha value is -3.49. The summed E-state index contributed by atoms with van der Waals surface area (Å²) in [7, 11) is 0. The van der Waals surface area contributed by atoms with Crippen molar-refractivity contribution >= 4 is 38.4 Å². The van der Waals surface area contributed by atoms with Crippen LogP contribution in [0.5, 0.6) is 0 Å². The Bertz CT molecular complexity index is 1380. The average molecular weight is 447 g/mol. The van der Waals surface area contributed by atoms with Crippen LogP contribution < -0.4 is 5.73 Å². The zero-order chi connectivity index (χ0) is 22.2. The van der Waals surface area contributed by atoms with E-state index in [0.717, 1.165) is 21.3 Å². The van der Waals surface area contributed by atoms with Gasteiger partial charge in [-0.1, -0.05) is 30.3 Å². The zero-order valence-electron chi connectivity index (χ0n) is 17.4. The van der Waals surface area contributed by atoms with Gasteiger partial charge in [0.05, 0.1) is 23.4 Å². The minimum absolute atomic E-state index is 0.197. The first-order chi connectivity index (χ1) is 15.5. The van der Waals surface area contributed by atoms with Gasteiger partial charge in [-0.3, -0.25) is 4.79 Å². The van der Waals surface area contributed by atoms with Crippen molar-refractivity contribution in [3.05, 3.63) is 72.3 Å². The van der Waals surface area contributed by atoms with E-state index < -0.39 is 12.0 Å². The molecule has 3 aromatic heterocycles. The number of carbonyl (C=O) groups excluding carboxylic acids is 1. The number of aliphatic hydroxyl groups is 1. The maximum atomic E-state index is 11.6. The van der Waals surface area contributed by atoms with E-state index in [2.05, 4.69) is 23.2 Å². The van der Waals surface area contributed by atoms with Crippen LogP contribution in [0, 0.1) is 0 Å². The minimum atomic E-state index is -0.581. The van der Waals surface area contributed by atoms with Gasteiger partial charge in [0.1, 0.15) is 11.2 Å². The standard InChI is InChI=1S/C24H22N4O3S/c1-14(29)9-10-19(28-12-18(23(25)30)26-13-28)16-6-4-7-17-22(16)31-24(27-17)21-11-15-5-2-3-8-20(15)32-21/h2-8,11-14,19,29H,9-10H2,1H3,(H2,25,30)/t14-,19?/m0/s1. The van der Waals surface area contributed by atoms with E-state index in [1.54, 1.807) is 30.8 Å². The molecule has 0 spiro atoms. The highest BCUT2D eigenvalue weighted by Crippen LogP contribution is 2.37. The minimum Gasteiger partial charge on any atom is -0.435 e. The first kappa shape index (κ1) is 20.4. The van der Waals surface area contributed by atoms with E-state index in [4.69, 9.17) is 15.1 Å². The lowest BCUT2D eigenvalue weighted by molar-refractivity contribution is 0.0996. The number of amides is 1. The Morgan fingerprint density at radius 3 is 2.81 bits per heavy atom. The molecule has 0 saturated carbocycles. The Kier molecular flexibility index (Phi) is 5.24. The number of benzene rings is 2.